The van der Waals surface area contributed by atoms with Gasteiger partial charge in [-0.15, -0.1) is 0 Å². The molecule has 0 spiro atoms. The number of nitrogens with one attached hydrogen (secondary N) is 1. The summed E-state index contributed by atoms with van der Waals surface area (Å²) in [5, 5.41) is 3.02. The SMILES string of the molecule is O=C(Nc1cnccc1Cl)C1CCC(F)(F)CC1. The van der Waals surface area contributed by atoms with Crippen LogP contribution in [0.5, 0.6) is 0 Å². The van der Waals surface area contributed by atoms with E-state index in [9.17, 15) is 13.6 Å². The van der Waals surface area contributed by atoms with Crippen LogP contribution >= 0.6 is 11.6 Å². The Morgan fingerprint density at radius 2 is 2.11 bits per heavy atom. The second kappa shape index (κ2) is 5.18. The van der Waals surface area contributed by atoms with Gasteiger partial charge in [0.15, 0.2) is 0 Å². The van der Waals surface area contributed by atoms with E-state index in [4.69, 9.17) is 11.6 Å². The van der Waals surface area contributed by atoms with Crippen molar-refractivity contribution in [2.24, 2.45) is 5.92 Å². The molecule has 1 aliphatic carbocycles. The average Bonchev–Trinajstić information content (AvgIpc) is 2.32. The number of aromatic nitrogens is 1. The molecule has 1 aromatic rings. The number of alkyl halides is 2. The summed E-state index contributed by atoms with van der Waals surface area (Å²) in [5.41, 5.74) is 0.418. The summed E-state index contributed by atoms with van der Waals surface area (Å²) in [7, 11) is 0. The van der Waals surface area contributed by atoms with Crippen LogP contribution < -0.4 is 5.32 Å². The quantitative estimate of drug-likeness (QED) is 0.897. The van der Waals surface area contributed by atoms with Crippen molar-refractivity contribution < 1.29 is 13.6 Å². The smallest absolute Gasteiger partial charge is 0.248 e. The summed E-state index contributed by atoms with van der Waals surface area (Å²) in [6.45, 7) is 0. The second-order valence-corrected chi connectivity index (χ2v) is 4.88. The van der Waals surface area contributed by atoms with Gasteiger partial charge in [0.2, 0.25) is 11.8 Å². The van der Waals surface area contributed by atoms with E-state index in [0.29, 0.717) is 10.7 Å². The van der Waals surface area contributed by atoms with Crippen molar-refractivity contribution in [2.75, 3.05) is 5.32 Å². The third kappa shape index (κ3) is 3.16. The third-order valence-corrected chi connectivity index (χ3v) is 3.44. The summed E-state index contributed by atoms with van der Waals surface area (Å²) in [6, 6.07) is 1.56. The third-order valence-electron chi connectivity index (χ3n) is 3.11. The van der Waals surface area contributed by atoms with Crippen molar-refractivity contribution in [2.45, 2.75) is 31.6 Å². The first-order chi connectivity index (χ1) is 8.48. The first kappa shape index (κ1) is 13.2. The standard InChI is InChI=1S/C12H13ClF2N2O/c13-9-3-6-16-7-10(9)17-11(18)8-1-4-12(14,15)5-2-8/h3,6-8H,1-2,4-5H2,(H,17,18). The van der Waals surface area contributed by atoms with Crippen molar-refractivity contribution >= 4 is 23.2 Å². The van der Waals surface area contributed by atoms with Crippen molar-refractivity contribution in [1.82, 2.24) is 4.98 Å². The van der Waals surface area contributed by atoms with Gasteiger partial charge in [-0.25, -0.2) is 8.78 Å². The topological polar surface area (TPSA) is 42.0 Å². The van der Waals surface area contributed by atoms with Crippen LogP contribution in [0.1, 0.15) is 25.7 Å². The lowest BCUT2D eigenvalue weighted by atomic mass is 9.86. The Morgan fingerprint density at radius 1 is 1.44 bits per heavy atom. The molecule has 3 nitrogen and oxygen atoms in total. The van der Waals surface area contributed by atoms with Gasteiger partial charge in [0, 0.05) is 25.0 Å². The van der Waals surface area contributed by atoms with E-state index in [-0.39, 0.29) is 37.5 Å². The Labute approximate surface area is 109 Å². The van der Waals surface area contributed by atoms with Crippen molar-refractivity contribution in [3.05, 3.63) is 23.5 Å². The fraction of sp³-hybridized carbons (Fsp3) is 0.500. The van der Waals surface area contributed by atoms with E-state index in [1.165, 1.54) is 12.4 Å². The van der Waals surface area contributed by atoms with Crippen LogP contribution in [0.15, 0.2) is 18.5 Å². The first-order valence-corrected chi connectivity index (χ1v) is 6.14. The zero-order chi connectivity index (χ0) is 13.2. The maximum absolute atomic E-state index is 13.0. The number of hydrogen-bond donors (Lipinski definition) is 1. The minimum Gasteiger partial charge on any atom is -0.323 e. The maximum Gasteiger partial charge on any atom is 0.248 e. The highest BCUT2D eigenvalue weighted by atomic mass is 35.5. The molecule has 0 aliphatic heterocycles. The molecule has 0 radical (unpaired) electrons. The molecule has 1 aliphatic rings. The Bertz CT molecular complexity index is 443. The summed E-state index contributed by atoms with van der Waals surface area (Å²) in [5.74, 6) is -3.26. The number of halogens is 3. The molecule has 1 heterocycles. The highest BCUT2D eigenvalue weighted by Gasteiger charge is 2.37. The maximum atomic E-state index is 13.0. The molecule has 98 valence electrons. The van der Waals surface area contributed by atoms with Crippen LogP contribution in [0, 0.1) is 5.92 Å². The number of carbonyl (C=O) groups excluding carboxylic acids is 1. The van der Waals surface area contributed by atoms with E-state index in [2.05, 4.69) is 10.3 Å². The molecule has 1 amide bonds. The van der Waals surface area contributed by atoms with E-state index in [0.717, 1.165) is 0 Å². The number of nitrogens with zero attached hydrogens (tertiary/aromatic N) is 1. The molecular formula is C12H13ClF2N2O. The predicted octanol–water partition coefficient (Wildman–Crippen LogP) is 3.50. The van der Waals surface area contributed by atoms with Crippen LogP contribution in [0.3, 0.4) is 0 Å². The van der Waals surface area contributed by atoms with E-state index >= 15 is 0 Å². The van der Waals surface area contributed by atoms with Crippen molar-refractivity contribution in [1.29, 1.82) is 0 Å². The molecule has 1 fully saturated rings. The molecule has 1 saturated carbocycles. The van der Waals surface area contributed by atoms with Gasteiger partial charge in [-0.3, -0.25) is 9.78 Å². The van der Waals surface area contributed by atoms with Gasteiger partial charge in [0.1, 0.15) is 0 Å². The molecule has 0 unspecified atom stereocenters. The highest BCUT2D eigenvalue weighted by Crippen LogP contribution is 2.36. The fourth-order valence-corrected chi connectivity index (χ4v) is 2.16. The normalized spacial score (nSPS) is 19.5. The van der Waals surface area contributed by atoms with Gasteiger partial charge >= 0.3 is 0 Å². The van der Waals surface area contributed by atoms with E-state index in [1.807, 2.05) is 0 Å². The van der Waals surface area contributed by atoms with Gasteiger partial charge in [-0.1, -0.05) is 11.6 Å². The van der Waals surface area contributed by atoms with Crippen LogP contribution in [-0.2, 0) is 4.79 Å². The molecule has 2 rings (SSSR count). The number of anilines is 1. The Balaban J connectivity index is 1.95. The lowest BCUT2D eigenvalue weighted by Gasteiger charge is -2.27. The summed E-state index contributed by atoms with van der Waals surface area (Å²) >= 11 is 5.88. The van der Waals surface area contributed by atoms with Crippen molar-refractivity contribution in [3.63, 3.8) is 0 Å². The fourth-order valence-electron chi connectivity index (χ4n) is 2.01. The van der Waals surface area contributed by atoms with Gasteiger partial charge in [-0.05, 0) is 18.9 Å². The molecule has 18 heavy (non-hydrogen) atoms. The highest BCUT2D eigenvalue weighted by molar-refractivity contribution is 6.33. The largest absolute Gasteiger partial charge is 0.323 e. The zero-order valence-corrected chi connectivity index (χ0v) is 10.4. The molecule has 0 atom stereocenters. The second-order valence-electron chi connectivity index (χ2n) is 4.47. The number of carbonyl (C=O) groups is 1. The van der Waals surface area contributed by atoms with Crippen LogP contribution in [0.2, 0.25) is 5.02 Å². The molecule has 0 saturated heterocycles. The monoisotopic (exact) mass is 274 g/mol. The van der Waals surface area contributed by atoms with Crippen molar-refractivity contribution in [3.8, 4) is 0 Å². The lowest BCUT2D eigenvalue weighted by molar-refractivity contribution is -0.124. The van der Waals surface area contributed by atoms with Gasteiger partial charge in [0.25, 0.3) is 0 Å². The number of hydrogen-bond acceptors (Lipinski definition) is 2. The minimum atomic E-state index is -2.62. The number of rotatable bonds is 2. The summed E-state index contributed by atoms with van der Waals surface area (Å²) < 4.78 is 25.9. The molecule has 1 aromatic heterocycles. The van der Waals surface area contributed by atoms with Gasteiger partial charge in [-0.2, -0.15) is 0 Å². The molecule has 1 N–H and O–H groups in total. The molecular weight excluding hydrogens is 262 g/mol. The first-order valence-electron chi connectivity index (χ1n) is 5.76. The number of pyridine rings is 1. The Kier molecular flexibility index (Phi) is 3.80. The molecule has 6 heteroatoms. The van der Waals surface area contributed by atoms with Crippen LogP contribution in [-0.4, -0.2) is 16.8 Å². The predicted molar refractivity (Wildman–Crippen MR) is 64.8 cm³/mol. The minimum absolute atomic E-state index is 0.205. The van der Waals surface area contributed by atoms with E-state index < -0.39 is 5.92 Å². The van der Waals surface area contributed by atoms with Gasteiger partial charge < -0.3 is 5.32 Å². The summed E-state index contributed by atoms with van der Waals surface area (Å²) in [6.07, 6.45) is 2.90. The van der Waals surface area contributed by atoms with E-state index in [1.54, 1.807) is 6.07 Å². The Hall–Kier alpha value is -1.23. The molecule has 0 bridgehead atoms. The van der Waals surface area contributed by atoms with Crippen LogP contribution in [0.25, 0.3) is 0 Å². The zero-order valence-electron chi connectivity index (χ0n) is 9.63. The summed E-state index contributed by atoms with van der Waals surface area (Å²) in [4.78, 5) is 15.7. The Morgan fingerprint density at radius 3 is 2.72 bits per heavy atom. The van der Waals surface area contributed by atoms with Gasteiger partial charge in [0.05, 0.1) is 16.9 Å². The van der Waals surface area contributed by atoms with Crippen LogP contribution in [0.4, 0.5) is 14.5 Å². The lowest BCUT2D eigenvalue weighted by Crippen LogP contribution is -2.31. The average molecular weight is 275 g/mol. The number of amides is 1. The molecule has 0 aromatic carbocycles.